The second kappa shape index (κ2) is 1.95. The third kappa shape index (κ3) is 0.832. The summed E-state index contributed by atoms with van der Waals surface area (Å²) in [4.78, 5) is 15.3. The lowest BCUT2D eigenvalue weighted by Gasteiger charge is -1.92. The molecule has 0 spiro atoms. The second-order valence-corrected chi connectivity index (χ2v) is 2.39. The minimum absolute atomic E-state index is 0.0718. The van der Waals surface area contributed by atoms with Gasteiger partial charge in [0.25, 0.3) is 5.56 Å². The van der Waals surface area contributed by atoms with Gasteiger partial charge in [0.1, 0.15) is 0 Å². The molecule has 56 valence electrons. The molecular formula is C7H7N3O. The Balaban J connectivity index is 3.02. The van der Waals surface area contributed by atoms with Crippen molar-refractivity contribution in [2.75, 3.05) is 0 Å². The lowest BCUT2D eigenvalue weighted by molar-refractivity contribution is 0.890. The Bertz CT molecular complexity index is 440. The number of fused-ring (bicyclic) bond motifs is 1. The maximum atomic E-state index is 11.2. The van der Waals surface area contributed by atoms with Crippen LogP contribution < -0.4 is 5.56 Å². The molecule has 0 saturated heterocycles. The maximum Gasteiger partial charge on any atom is 0.272 e. The first-order valence-corrected chi connectivity index (χ1v) is 3.31. The van der Waals surface area contributed by atoms with Crippen molar-refractivity contribution in [1.82, 2.24) is 14.6 Å². The van der Waals surface area contributed by atoms with E-state index in [9.17, 15) is 4.79 Å². The quantitative estimate of drug-likeness (QED) is 0.586. The van der Waals surface area contributed by atoms with Crippen LogP contribution in [0.3, 0.4) is 0 Å². The van der Waals surface area contributed by atoms with E-state index in [0.717, 1.165) is 5.69 Å². The summed E-state index contributed by atoms with van der Waals surface area (Å²) >= 11 is 0. The molecule has 2 heterocycles. The highest BCUT2D eigenvalue weighted by Crippen LogP contribution is 1.94. The summed E-state index contributed by atoms with van der Waals surface area (Å²) in [5, 5.41) is 2.76. The average molecular weight is 149 g/mol. The Morgan fingerprint density at radius 2 is 2.45 bits per heavy atom. The predicted octanol–water partition coefficient (Wildman–Crippen LogP) is 0.331. The number of rotatable bonds is 0. The van der Waals surface area contributed by atoms with Gasteiger partial charge in [-0.1, -0.05) is 0 Å². The fourth-order valence-electron chi connectivity index (χ4n) is 1.05. The van der Waals surface area contributed by atoms with Gasteiger partial charge in [0.15, 0.2) is 5.65 Å². The fourth-order valence-corrected chi connectivity index (χ4v) is 1.05. The van der Waals surface area contributed by atoms with E-state index in [1.165, 1.54) is 10.6 Å². The van der Waals surface area contributed by atoms with Gasteiger partial charge in [-0.3, -0.25) is 9.89 Å². The molecule has 0 amide bonds. The molecule has 2 aromatic heterocycles. The summed E-state index contributed by atoms with van der Waals surface area (Å²) in [5.74, 6) is 0. The predicted molar refractivity (Wildman–Crippen MR) is 40.5 cm³/mol. The summed E-state index contributed by atoms with van der Waals surface area (Å²) in [6.45, 7) is 1.80. The van der Waals surface area contributed by atoms with Crippen LogP contribution in [-0.2, 0) is 0 Å². The van der Waals surface area contributed by atoms with Crippen LogP contribution in [0.5, 0.6) is 0 Å². The normalized spacial score (nSPS) is 10.6. The van der Waals surface area contributed by atoms with Crippen molar-refractivity contribution in [3.05, 3.63) is 34.4 Å². The molecule has 0 unspecified atom stereocenters. The van der Waals surface area contributed by atoms with Crippen LogP contribution in [-0.4, -0.2) is 14.6 Å². The minimum Gasteiger partial charge on any atom is -0.297 e. The van der Waals surface area contributed by atoms with Crippen LogP contribution in [0.25, 0.3) is 5.65 Å². The SMILES string of the molecule is Cc1cc(=O)n2[nH]ccc2n1. The van der Waals surface area contributed by atoms with Crippen LogP contribution in [0.2, 0.25) is 0 Å². The third-order valence-corrected chi connectivity index (χ3v) is 1.51. The highest BCUT2D eigenvalue weighted by molar-refractivity contribution is 5.35. The Morgan fingerprint density at radius 1 is 1.64 bits per heavy atom. The molecule has 0 radical (unpaired) electrons. The van der Waals surface area contributed by atoms with Crippen LogP contribution in [0, 0.1) is 6.92 Å². The molecule has 11 heavy (non-hydrogen) atoms. The largest absolute Gasteiger partial charge is 0.297 e. The Hall–Kier alpha value is -1.58. The molecule has 4 heteroatoms. The van der Waals surface area contributed by atoms with Gasteiger partial charge in [-0.05, 0) is 6.92 Å². The van der Waals surface area contributed by atoms with E-state index >= 15 is 0 Å². The molecule has 0 bridgehead atoms. The van der Waals surface area contributed by atoms with E-state index in [1.807, 2.05) is 0 Å². The van der Waals surface area contributed by atoms with Crippen molar-refractivity contribution in [2.24, 2.45) is 0 Å². The van der Waals surface area contributed by atoms with Gasteiger partial charge in [0.2, 0.25) is 0 Å². The standard InChI is InChI=1S/C7H7N3O/c1-5-4-7(11)10-6(9-5)2-3-8-10/h2-4,8H,1H3. The van der Waals surface area contributed by atoms with Gasteiger partial charge >= 0.3 is 0 Å². The molecule has 0 atom stereocenters. The number of aryl methyl sites for hydroxylation is 1. The van der Waals surface area contributed by atoms with Crippen LogP contribution in [0.4, 0.5) is 0 Å². The summed E-state index contributed by atoms with van der Waals surface area (Å²) in [7, 11) is 0. The molecule has 4 nitrogen and oxygen atoms in total. The molecule has 0 aliphatic heterocycles. The first-order chi connectivity index (χ1) is 5.27. The van der Waals surface area contributed by atoms with Gasteiger partial charge in [-0.2, -0.15) is 0 Å². The van der Waals surface area contributed by atoms with Gasteiger partial charge in [0, 0.05) is 24.0 Å². The third-order valence-electron chi connectivity index (χ3n) is 1.51. The van der Waals surface area contributed by atoms with E-state index in [4.69, 9.17) is 0 Å². The van der Waals surface area contributed by atoms with Crippen molar-refractivity contribution < 1.29 is 0 Å². The first-order valence-electron chi connectivity index (χ1n) is 3.31. The number of aromatic amines is 1. The first kappa shape index (κ1) is 6.15. The molecule has 2 aromatic rings. The van der Waals surface area contributed by atoms with Crippen LogP contribution in [0.1, 0.15) is 5.69 Å². The highest BCUT2D eigenvalue weighted by Gasteiger charge is 1.97. The zero-order chi connectivity index (χ0) is 7.84. The Labute approximate surface area is 62.5 Å². The maximum absolute atomic E-state index is 11.2. The summed E-state index contributed by atoms with van der Waals surface area (Å²) in [5.41, 5.74) is 1.34. The summed E-state index contributed by atoms with van der Waals surface area (Å²) < 4.78 is 1.40. The number of H-pyrrole nitrogens is 1. The van der Waals surface area contributed by atoms with Gasteiger partial charge < -0.3 is 0 Å². The Morgan fingerprint density at radius 3 is 3.27 bits per heavy atom. The average Bonchev–Trinajstić information content (AvgIpc) is 2.34. The molecule has 0 aliphatic rings. The Kier molecular flexibility index (Phi) is 1.09. The number of hydrogen-bond acceptors (Lipinski definition) is 2. The van der Waals surface area contributed by atoms with Crippen molar-refractivity contribution in [2.45, 2.75) is 6.92 Å². The van der Waals surface area contributed by atoms with E-state index in [-0.39, 0.29) is 5.56 Å². The lowest BCUT2D eigenvalue weighted by atomic mass is 10.4. The summed E-state index contributed by atoms with van der Waals surface area (Å²) in [6.07, 6.45) is 1.68. The highest BCUT2D eigenvalue weighted by atomic mass is 16.1. The summed E-state index contributed by atoms with van der Waals surface area (Å²) in [6, 6.07) is 3.25. The zero-order valence-electron chi connectivity index (χ0n) is 6.03. The number of aromatic nitrogens is 3. The number of hydrogen-bond donors (Lipinski definition) is 1. The molecule has 2 rings (SSSR count). The number of nitrogens with one attached hydrogen (secondary N) is 1. The van der Waals surface area contributed by atoms with Crippen molar-refractivity contribution in [3.8, 4) is 0 Å². The number of nitrogens with zero attached hydrogens (tertiary/aromatic N) is 2. The molecular weight excluding hydrogens is 142 g/mol. The monoisotopic (exact) mass is 149 g/mol. The molecule has 0 fully saturated rings. The fraction of sp³-hybridized carbons (Fsp3) is 0.143. The molecule has 1 N–H and O–H groups in total. The molecule has 0 saturated carbocycles. The smallest absolute Gasteiger partial charge is 0.272 e. The zero-order valence-corrected chi connectivity index (χ0v) is 6.03. The van der Waals surface area contributed by atoms with Crippen molar-refractivity contribution in [3.63, 3.8) is 0 Å². The topological polar surface area (TPSA) is 50.2 Å². The van der Waals surface area contributed by atoms with Crippen LogP contribution in [0.15, 0.2) is 23.1 Å². The van der Waals surface area contributed by atoms with Crippen molar-refractivity contribution in [1.29, 1.82) is 0 Å². The lowest BCUT2D eigenvalue weighted by Crippen LogP contribution is -2.13. The van der Waals surface area contributed by atoms with Gasteiger partial charge in [-0.25, -0.2) is 9.50 Å². The van der Waals surface area contributed by atoms with Crippen molar-refractivity contribution >= 4 is 5.65 Å². The van der Waals surface area contributed by atoms with E-state index < -0.39 is 0 Å². The van der Waals surface area contributed by atoms with E-state index in [1.54, 1.807) is 19.2 Å². The van der Waals surface area contributed by atoms with E-state index in [0.29, 0.717) is 5.65 Å². The van der Waals surface area contributed by atoms with Crippen LogP contribution >= 0.6 is 0 Å². The van der Waals surface area contributed by atoms with E-state index in [2.05, 4.69) is 10.1 Å². The molecule has 0 aliphatic carbocycles. The second-order valence-electron chi connectivity index (χ2n) is 2.39. The van der Waals surface area contributed by atoms with Gasteiger partial charge in [0.05, 0.1) is 0 Å². The molecule has 0 aromatic carbocycles. The minimum atomic E-state index is -0.0718. The van der Waals surface area contributed by atoms with Gasteiger partial charge in [-0.15, -0.1) is 0 Å².